The lowest BCUT2D eigenvalue weighted by Gasteiger charge is -2.11. The van der Waals surface area contributed by atoms with Crippen LogP contribution < -0.4 is 11.1 Å². The number of nitriles is 1. The van der Waals surface area contributed by atoms with Gasteiger partial charge in [0.25, 0.3) is 0 Å². The van der Waals surface area contributed by atoms with Gasteiger partial charge in [0.15, 0.2) is 11.6 Å². The number of rotatable bonds is 5. The second-order valence-corrected chi connectivity index (χ2v) is 5.99. The highest BCUT2D eigenvalue weighted by Crippen LogP contribution is 2.27. The zero-order chi connectivity index (χ0) is 17.8. The van der Waals surface area contributed by atoms with E-state index >= 15 is 0 Å². The van der Waals surface area contributed by atoms with Crippen molar-refractivity contribution in [2.24, 2.45) is 0 Å². The first-order valence-electron chi connectivity index (χ1n) is 8.02. The number of benzene rings is 1. The van der Waals surface area contributed by atoms with Crippen molar-refractivity contribution in [3.63, 3.8) is 0 Å². The molecule has 0 radical (unpaired) electrons. The summed E-state index contributed by atoms with van der Waals surface area (Å²) in [5, 5.41) is 12.7. The summed E-state index contributed by atoms with van der Waals surface area (Å²) in [6, 6.07) is 13.9. The average Bonchev–Trinajstić information content (AvgIpc) is 3.14. The highest BCUT2D eigenvalue weighted by molar-refractivity contribution is 5.71. The van der Waals surface area contributed by atoms with Crippen LogP contribution in [0.3, 0.4) is 0 Å². The highest BCUT2D eigenvalue weighted by atomic mass is 16.3. The van der Waals surface area contributed by atoms with Crippen LogP contribution in [-0.4, -0.2) is 9.97 Å². The van der Waals surface area contributed by atoms with Crippen molar-refractivity contribution in [1.82, 2.24) is 9.97 Å². The molecule has 0 bridgehead atoms. The van der Waals surface area contributed by atoms with Crippen molar-refractivity contribution in [1.29, 1.82) is 5.26 Å². The van der Waals surface area contributed by atoms with Crippen LogP contribution in [0.4, 0.5) is 11.8 Å². The van der Waals surface area contributed by atoms with Crippen LogP contribution in [0.2, 0.25) is 0 Å². The number of anilines is 2. The van der Waals surface area contributed by atoms with Crippen molar-refractivity contribution < 1.29 is 4.42 Å². The number of nitrogen functional groups attached to an aromatic ring is 1. The molecule has 6 heteroatoms. The van der Waals surface area contributed by atoms with Gasteiger partial charge in [-0.15, -0.1) is 0 Å². The van der Waals surface area contributed by atoms with Gasteiger partial charge in [-0.2, -0.15) is 10.2 Å². The molecule has 0 saturated heterocycles. The van der Waals surface area contributed by atoms with Crippen molar-refractivity contribution >= 4 is 11.8 Å². The number of nitrogens with one attached hydrogen (secondary N) is 1. The fourth-order valence-electron chi connectivity index (χ4n) is 2.51. The molecule has 0 atom stereocenters. The number of hydrogen-bond acceptors (Lipinski definition) is 6. The Bertz CT molecular complexity index is 893. The van der Waals surface area contributed by atoms with E-state index in [-0.39, 0.29) is 5.95 Å². The van der Waals surface area contributed by atoms with Gasteiger partial charge < -0.3 is 15.5 Å². The molecule has 0 amide bonds. The molecule has 0 saturated carbocycles. The van der Waals surface area contributed by atoms with Gasteiger partial charge in [-0.05, 0) is 29.2 Å². The third kappa shape index (κ3) is 3.61. The molecular formula is C19H19N5O. The van der Waals surface area contributed by atoms with Gasteiger partial charge in [-0.1, -0.05) is 38.1 Å². The van der Waals surface area contributed by atoms with E-state index in [2.05, 4.69) is 59.5 Å². The Morgan fingerprint density at radius 2 is 1.96 bits per heavy atom. The molecule has 0 spiro atoms. The minimum absolute atomic E-state index is 0.0862. The van der Waals surface area contributed by atoms with E-state index < -0.39 is 0 Å². The lowest BCUT2D eigenvalue weighted by Crippen LogP contribution is -2.08. The van der Waals surface area contributed by atoms with E-state index in [0.29, 0.717) is 35.3 Å². The molecule has 0 unspecified atom stereocenters. The van der Waals surface area contributed by atoms with Gasteiger partial charge >= 0.3 is 0 Å². The van der Waals surface area contributed by atoms with Crippen molar-refractivity contribution in [2.45, 2.75) is 26.3 Å². The Balaban J connectivity index is 1.86. The van der Waals surface area contributed by atoms with Crippen molar-refractivity contribution in [2.75, 3.05) is 11.1 Å². The highest BCUT2D eigenvalue weighted by Gasteiger charge is 2.17. The predicted molar refractivity (Wildman–Crippen MR) is 96.7 cm³/mol. The first-order chi connectivity index (χ1) is 12.1. The van der Waals surface area contributed by atoms with Gasteiger partial charge in [-0.25, -0.2) is 4.98 Å². The Morgan fingerprint density at radius 1 is 1.20 bits per heavy atom. The topological polar surface area (TPSA) is 101 Å². The Hall–Kier alpha value is -3.33. The van der Waals surface area contributed by atoms with E-state index in [9.17, 15) is 5.26 Å². The maximum atomic E-state index is 9.53. The van der Waals surface area contributed by atoms with Crippen LogP contribution in [-0.2, 0) is 6.54 Å². The lowest BCUT2D eigenvalue weighted by molar-refractivity contribution is 0.580. The first kappa shape index (κ1) is 16.5. The summed E-state index contributed by atoms with van der Waals surface area (Å²) in [6.45, 7) is 4.85. The van der Waals surface area contributed by atoms with E-state index in [1.165, 1.54) is 11.8 Å². The maximum Gasteiger partial charge on any atom is 0.222 e. The van der Waals surface area contributed by atoms with Crippen LogP contribution >= 0.6 is 0 Å². The molecule has 3 rings (SSSR count). The minimum Gasteiger partial charge on any atom is -0.463 e. The number of furan rings is 1. The third-order valence-electron chi connectivity index (χ3n) is 3.90. The summed E-state index contributed by atoms with van der Waals surface area (Å²) < 4.78 is 5.35. The standard InChI is InChI=1S/C19H19N5O/c1-12(2)14-7-5-13(6-8-14)11-22-18-15(10-20)17(23-19(21)24-18)16-4-3-9-25-16/h3-9,12H,11H2,1-2H3,(H3,21,22,23,24). The molecule has 6 nitrogen and oxygen atoms in total. The van der Waals surface area contributed by atoms with E-state index in [1.807, 2.05) is 0 Å². The monoisotopic (exact) mass is 333 g/mol. The first-order valence-corrected chi connectivity index (χ1v) is 8.02. The molecule has 2 heterocycles. The predicted octanol–water partition coefficient (Wildman–Crippen LogP) is 3.93. The minimum atomic E-state index is 0.0862. The fraction of sp³-hybridized carbons (Fsp3) is 0.211. The van der Waals surface area contributed by atoms with E-state index in [4.69, 9.17) is 10.2 Å². The summed E-state index contributed by atoms with van der Waals surface area (Å²) in [6.07, 6.45) is 1.53. The largest absolute Gasteiger partial charge is 0.463 e. The SMILES string of the molecule is CC(C)c1ccc(CNc2nc(N)nc(-c3ccco3)c2C#N)cc1. The zero-order valence-electron chi connectivity index (χ0n) is 14.2. The molecular weight excluding hydrogens is 314 g/mol. The zero-order valence-corrected chi connectivity index (χ0v) is 14.2. The molecule has 0 fully saturated rings. The number of aromatic nitrogens is 2. The molecule has 1 aromatic carbocycles. The van der Waals surface area contributed by atoms with Crippen LogP contribution in [0.1, 0.15) is 36.5 Å². The normalized spacial score (nSPS) is 10.6. The molecule has 25 heavy (non-hydrogen) atoms. The summed E-state index contributed by atoms with van der Waals surface area (Å²) >= 11 is 0. The van der Waals surface area contributed by atoms with E-state index in [0.717, 1.165) is 5.56 Å². The maximum absolute atomic E-state index is 9.53. The summed E-state index contributed by atoms with van der Waals surface area (Å²) in [5.41, 5.74) is 8.87. The van der Waals surface area contributed by atoms with Crippen molar-refractivity contribution in [3.05, 3.63) is 59.4 Å². The second-order valence-electron chi connectivity index (χ2n) is 5.99. The Morgan fingerprint density at radius 3 is 2.56 bits per heavy atom. The molecule has 0 aliphatic heterocycles. The van der Waals surface area contributed by atoms with E-state index in [1.54, 1.807) is 12.1 Å². The molecule has 0 aliphatic rings. The van der Waals surface area contributed by atoms with Crippen LogP contribution in [0.15, 0.2) is 47.1 Å². The van der Waals surface area contributed by atoms with Gasteiger partial charge in [0.1, 0.15) is 17.3 Å². The molecule has 3 aromatic rings. The molecule has 0 aliphatic carbocycles. The number of nitrogens with zero attached hydrogens (tertiary/aromatic N) is 3. The van der Waals surface area contributed by atoms with Crippen LogP contribution in [0, 0.1) is 11.3 Å². The van der Waals surface area contributed by atoms with Gasteiger partial charge in [0.2, 0.25) is 5.95 Å². The van der Waals surface area contributed by atoms with Crippen LogP contribution in [0.5, 0.6) is 0 Å². The average molecular weight is 333 g/mol. The van der Waals surface area contributed by atoms with Gasteiger partial charge in [-0.3, -0.25) is 0 Å². The second kappa shape index (κ2) is 7.05. The smallest absolute Gasteiger partial charge is 0.222 e. The Kier molecular flexibility index (Phi) is 4.66. The third-order valence-corrected chi connectivity index (χ3v) is 3.90. The molecule has 2 aromatic heterocycles. The summed E-state index contributed by atoms with van der Waals surface area (Å²) in [7, 11) is 0. The van der Waals surface area contributed by atoms with Crippen LogP contribution in [0.25, 0.3) is 11.5 Å². The number of nitrogens with two attached hydrogens (primary N) is 1. The van der Waals surface area contributed by atoms with Crippen molar-refractivity contribution in [3.8, 4) is 17.5 Å². The molecule has 3 N–H and O–H groups in total. The number of hydrogen-bond donors (Lipinski definition) is 2. The quantitative estimate of drug-likeness (QED) is 0.734. The fourth-order valence-corrected chi connectivity index (χ4v) is 2.51. The molecule has 126 valence electrons. The lowest BCUT2D eigenvalue weighted by atomic mass is 10.0. The summed E-state index contributed by atoms with van der Waals surface area (Å²) in [4.78, 5) is 8.31. The van der Waals surface area contributed by atoms with Gasteiger partial charge in [0, 0.05) is 6.54 Å². The Labute approximate surface area is 146 Å². The van der Waals surface area contributed by atoms with Gasteiger partial charge in [0.05, 0.1) is 6.26 Å². The summed E-state index contributed by atoms with van der Waals surface area (Å²) in [5.74, 6) is 1.46.